The van der Waals surface area contributed by atoms with Crippen LogP contribution in [-0.4, -0.2) is 44.9 Å². The van der Waals surface area contributed by atoms with Crippen molar-refractivity contribution >= 4 is 29.1 Å². The summed E-state index contributed by atoms with van der Waals surface area (Å²) in [5.74, 6) is 0.542. The summed E-state index contributed by atoms with van der Waals surface area (Å²) in [5, 5.41) is 7.21. The first kappa shape index (κ1) is 18.3. The molecule has 0 spiro atoms. The largest absolute Gasteiger partial charge is 0.492 e. The predicted octanol–water partition coefficient (Wildman–Crippen LogP) is 2.65. The Kier molecular flexibility index (Phi) is 6.96. The number of ether oxygens (including phenoxy) is 2. The topological polar surface area (TPSA) is 59.6 Å². The number of benzene rings is 1. The molecule has 0 unspecified atom stereocenters. The van der Waals surface area contributed by atoms with Gasteiger partial charge in [-0.25, -0.2) is 0 Å². The monoisotopic (exact) mass is 360 g/mol. The van der Waals surface area contributed by atoms with E-state index in [1.54, 1.807) is 25.3 Å². The van der Waals surface area contributed by atoms with Gasteiger partial charge in [0.25, 0.3) is 5.91 Å². The molecular weight excluding hydrogens is 339 g/mol. The molecule has 1 aliphatic heterocycles. The van der Waals surface area contributed by atoms with Gasteiger partial charge >= 0.3 is 0 Å². The van der Waals surface area contributed by atoms with Gasteiger partial charge in [0.05, 0.1) is 11.6 Å². The van der Waals surface area contributed by atoms with Gasteiger partial charge in [-0.05, 0) is 50.6 Å². The number of rotatable bonds is 7. The Morgan fingerprint density at radius 1 is 1.35 bits per heavy atom. The molecule has 1 fully saturated rings. The van der Waals surface area contributed by atoms with Crippen molar-refractivity contribution in [1.29, 1.82) is 0 Å². The number of halogens is 2. The summed E-state index contributed by atoms with van der Waals surface area (Å²) >= 11 is 11.9. The molecule has 0 atom stereocenters. The molecule has 1 aromatic carbocycles. The fraction of sp³-hybridized carbons (Fsp3) is 0.562. The van der Waals surface area contributed by atoms with Crippen molar-refractivity contribution in [3.63, 3.8) is 0 Å². The van der Waals surface area contributed by atoms with Crippen LogP contribution in [0, 0.1) is 0 Å². The molecule has 1 saturated heterocycles. The highest BCUT2D eigenvalue weighted by Gasteiger charge is 2.39. The van der Waals surface area contributed by atoms with E-state index in [2.05, 4.69) is 10.6 Å². The Morgan fingerprint density at radius 2 is 2.09 bits per heavy atom. The third-order valence-electron chi connectivity index (χ3n) is 3.97. The zero-order chi connectivity index (χ0) is 16.7. The molecule has 2 rings (SSSR count). The summed E-state index contributed by atoms with van der Waals surface area (Å²) in [6, 6.07) is 5.10. The van der Waals surface area contributed by atoms with Crippen molar-refractivity contribution in [2.45, 2.75) is 24.9 Å². The molecule has 1 aromatic rings. The van der Waals surface area contributed by atoms with Crippen LogP contribution in [0.15, 0.2) is 18.2 Å². The Morgan fingerprint density at radius 3 is 2.74 bits per heavy atom. The lowest BCUT2D eigenvalue weighted by Gasteiger charge is -2.34. The highest BCUT2D eigenvalue weighted by Crippen LogP contribution is 2.27. The highest BCUT2D eigenvalue weighted by molar-refractivity contribution is 6.35. The van der Waals surface area contributed by atoms with E-state index in [0.29, 0.717) is 48.2 Å². The van der Waals surface area contributed by atoms with Crippen LogP contribution in [0.2, 0.25) is 10.0 Å². The van der Waals surface area contributed by atoms with E-state index in [4.69, 9.17) is 32.7 Å². The first-order chi connectivity index (χ1) is 11.1. The lowest BCUT2D eigenvalue weighted by atomic mass is 9.91. The maximum Gasteiger partial charge on any atom is 0.252 e. The van der Waals surface area contributed by atoms with Crippen LogP contribution in [-0.2, 0) is 9.53 Å². The molecule has 1 amide bonds. The van der Waals surface area contributed by atoms with Gasteiger partial charge < -0.3 is 20.1 Å². The zero-order valence-electron chi connectivity index (χ0n) is 13.2. The molecular formula is C16H22Cl2N2O3. The number of hydrogen-bond acceptors (Lipinski definition) is 4. The Hall–Kier alpha value is -1.01. The van der Waals surface area contributed by atoms with E-state index >= 15 is 0 Å². The third-order valence-corrected chi connectivity index (χ3v) is 4.50. The van der Waals surface area contributed by atoms with Crippen LogP contribution in [0.1, 0.15) is 19.3 Å². The number of piperidine rings is 1. The Bertz CT molecular complexity index is 534. The lowest BCUT2D eigenvalue weighted by molar-refractivity contribution is -0.146. The second kappa shape index (κ2) is 8.73. The van der Waals surface area contributed by atoms with E-state index in [-0.39, 0.29) is 5.91 Å². The summed E-state index contributed by atoms with van der Waals surface area (Å²) in [4.78, 5) is 12.3. The summed E-state index contributed by atoms with van der Waals surface area (Å²) in [6.45, 7) is 2.57. The molecule has 1 aliphatic rings. The van der Waals surface area contributed by atoms with Gasteiger partial charge in [0, 0.05) is 18.7 Å². The second-order valence-corrected chi connectivity index (χ2v) is 6.32. The van der Waals surface area contributed by atoms with Crippen LogP contribution < -0.4 is 15.4 Å². The number of carbonyl (C=O) groups excluding carboxylic acids is 1. The standard InChI is InChI=1S/C16H22Cl2N2O3/c1-22-16(5-8-19-9-6-16)15(21)20-7-2-10-23-14-4-3-12(17)11-13(14)18/h3-4,11,19H,2,5-10H2,1H3,(H,20,21). The van der Waals surface area contributed by atoms with Gasteiger partial charge in [-0.1, -0.05) is 23.2 Å². The van der Waals surface area contributed by atoms with Crippen LogP contribution in [0.5, 0.6) is 5.75 Å². The van der Waals surface area contributed by atoms with Gasteiger partial charge in [-0.3, -0.25) is 4.79 Å². The van der Waals surface area contributed by atoms with Gasteiger partial charge in [-0.15, -0.1) is 0 Å². The molecule has 23 heavy (non-hydrogen) atoms. The van der Waals surface area contributed by atoms with E-state index in [1.165, 1.54) is 0 Å². The minimum absolute atomic E-state index is 0.0500. The molecule has 0 radical (unpaired) electrons. The normalized spacial score (nSPS) is 16.8. The lowest BCUT2D eigenvalue weighted by Crippen LogP contribution is -2.54. The third kappa shape index (κ3) is 4.98. The number of amides is 1. The Labute approximate surface area is 146 Å². The molecule has 5 nitrogen and oxygen atoms in total. The van der Waals surface area contributed by atoms with Gasteiger partial charge in [0.15, 0.2) is 0 Å². The van der Waals surface area contributed by atoms with E-state index in [0.717, 1.165) is 13.1 Å². The minimum atomic E-state index is -0.703. The molecule has 0 aliphatic carbocycles. The van der Waals surface area contributed by atoms with Crippen molar-refractivity contribution in [3.05, 3.63) is 28.2 Å². The zero-order valence-corrected chi connectivity index (χ0v) is 14.7. The molecule has 0 saturated carbocycles. The Balaban J connectivity index is 1.71. The first-order valence-corrected chi connectivity index (χ1v) is 8.45. The van der Waals surface area contributed by atoms with Crippen LogP contribution >= 0.6 is 23.2 Å². The summed E-state index contributed by atoms with van der Waals surface area (Å²) in [5.41, 5.74) is -0.703. The second-order valence-electron chi connectivity index (χ2n) is 5.48. The SMILES string of the molecule is COC1(C(=O)NCCCOc2ccc(Cl)cc2Cl)CCNCC1. The molecule has 7 heteroatoms. The minimum Gasteiger partial charge on any atom is -0.492 e. The van der Waals surface area contributed by atoms with Crippen molar-refractivity contribution < 1.29 is 14.3 Å². The number of methoxy groups -OCH3 is 1. The summed E-state index contributed by atoms with van der Waals surface area (Å²) in [6.07, 6.45) is 2.06. The summed E-state index contributed by atoms with van der Waals surface area (Å²) < 4.78 is 11.1. The van der Waals surface area contributed by atoms with Crippen molar-refractivity contribution in [2.75, 3.05) is 33.4 Å². The molecule has 128 valence electrons. The number of carbonyl (C=O) groups is 1. The van der Waals surface area contributed by atoms with Crippen LogP contribution in [0.3, 0.4) is 0 Å². The maximum absolute atomic E-state index is 12.3. The average molecular weight is 361 g/mol. The molecule has 1 heterocycles. The molecule has 0 bridgehead atoms. The molecule has 0 aromatic heterocycles. The van der Waals surface area contributed by atoms with Crippen LogP contribution in [0.4, 0.5) is 0 Å². The first-order valence-electron chi connectivity index (χ1n) is 7.69. The quantitative estimate of drug-likeness (QED) is 0.733. The highest BCUT2D eigenvalue weighted by atomic mass is 35.5. The van der Waals surface area contributed by atoms with Gasteiger partial charge in [-0.2, -0.15) is 0 Å². The summed E-state index contributed by atoms with van der Waals surface area (Å²) in [7, 11) is 1.59. The van der Waals surface area contributed by atoms with Crippen LogP contribution in [0.25, 0.3) is 0 Å². The van der Waals surface area contributed by atoms with Crippen molar-refractivity contribution in [2.24, 2.45) is 0 Å². The van der Waals surface area contributed by atoms with Crippen molar-refractivity contribution in [3.8, 4) is 5.75 Å². The van der Waals surface area contributed by atoms with E-state index < -0.39 is 5.60 Å². The fourth-order valence-electron chi connectivity index (χ4n) is 2.56. The van der Waals surface area contributed by atoms with Gasteiger partial charge in [0.1, 0.15) is 11.4 Å². The number of nitrogens with one attached hydrogen (secondary N) is 2. The number of hydrogen-bond donors (Lipinski definition) is 2. The average Bonchev–Trinajstić information content (AvgIpc) is 2.56. The van der Waals surface area contributed by atoms with E-state index in [9.17, 15) is 4.79 Å². The predicted molar refractivity (Wildman–Crippen MR) is 91.4 cm³/mol. The van der Waals surface area contributed by atoms with Gasteiger partial charge in [0.2, 0.25) is 0 Å². The molecule has 2 N–H and O–H groups in total. The fourth-order valence-corrected chi connectivity index (χ4v) is 3.03. The van der Waals surface area contributed by atoms with Crippen molar-refractivity contribution in [1.82, 2.24) is 10.6 Å². The smallest absolute Gasteiger partial charge is 0.252 e. The van der Waals surface area contributed by atoms with E-state index in [1.807, 2.05) is 0 Å². The maximum atomic E-state index is 12.3.